The Balaban J connectivity index is 2.71. The van der Waals surface area contributed by atoms with Crippen LogP contribution in [0.25, 0.3) is 0 Å². The fraction of sp³-hybridized carbons (Fsp3) is 0.500. The molecule has 0 fully saturated rings. The van der Waals surface area contributed by atoms with Gasteiger partial charge in [0.15, 0.2) is 6.29 Å². The largest absolute Gasteiger partial charge is 0.377 e. The first kappa shape index (κ1) is 13.4. The first-order chi connectivity index (χ1) is 7.72. The van der Waals surface area contributed by atoms with Crippen LogP contribution in [0.4, 0.5) is 5.69 Å². The quantitative estimate of drug-likeness (QED) is 0.613. The summed E-state index contributed by atoms with van der Waals surface area (Å²) in [4.78, 5) is 1.22. The number of hydrogen-bond donors (Lipinski definition) is 1. The lowest BCUT2D eigenvalue weighted by atomic mass is 10.2. The summed E-state index contributed by atoms with van der Waals surface area (Å²) in [7, 11) is 3.29. The van der Waals surface area contributed by atoms with Crippen molar-refractivity contribution in [3.8, 4) is 0 Å². The van der Waals surface area contributed by atoms with Gasteiger partial charge >= 0.3 is 0 Å². The van der Waals surface area contributed by atoms with Crippen molar-refractivity contribution in [2.24, 2.45) is 0 Å². The minimum absolute atomic E-state index is 0.100. The number of anilines is 1. The molecule has 0 aliphatic carbocycles. The van der Waals surface area contributed by atoms with Gasteiger partial charge in [0.2, 0.25) is 0 Å². The number of hydrogen-bond acceptors (Lipinski definition) is 4. The molecule has 1 atom stereocenters. The molecular weight excluding hydrogens is 222 g/mol. The first-order valence-corrected chi connectivity index (χ1v) is 6.40. The zero-order chi connectivity index (χ0) is 12.0. The Kier molecular flexibility index (Phi) is 5.66. The molecule has 0 saturated carbocycles. The lowest BCUT2D eigenvalue weighted by molar-refractivity contribution is -0.109. The Morgan fingerprint density at radius 2 is 1.81 bits per heavy atom. The predicted octanol–water partition coefficient (Wildman–Crippen LogP) is 2.83. The third-order valence-corrected chi connectivity index (χ3v) is 3.16. The number of rotatable bonds is 6. The highest BCUT2D eigenvalue weighted by molar-refractivity contribution is 7.98. The number of nitrogens with one attached hydrogen (secondary N) is 1. The summed E-state index contributed by atoms with van der Waals surface area (Å²) in [5, 5.41) is 3.39. The maximum atomic E-state index is 5.22. The summed E-state index contributed by atoms with van der Waals surface area (Å²) >= 11 is 1.72. The topological polar surface area (TPSA) is 30.5 Å². The number of thioether (sulfide) groups is 1. The third kappa shape index (κ3) is 3.40. The summed E-state index contributed by atoms with van der Waals surface area (Å²) in [6.45, 7) is 2.04. The van der Waals surface area contributed by atoms with Crippen LogP contribution in [0.15, 0.2) is 29.2 Å². The highest BCUT2D eigenvalue weighted by Gasteiger charge is 2.16. The second-order valence-electron chi connectivity index (χ2n) is 3.47. The average molecular weight is 241 g/mol. The number of methoxy groups -OCH3 is 2. The normalized spacial score (nSPS) is 12.8. The van der Waals surface area contributed by atoms with E-state index < -0.39 is 0 Å². The summed E-state index contributed by atoms with van der Waals surface area (Å²) in [6.07, 6.45) is 1.82. The monoisotopic (exact) mass is 241 g/mol. The van der Waals surface area contributed by atoms with E-state index in [1.807, 2.05) is 19.1 Å². The van der Waals surface area contributed by atoms with Crippen LogP contribution in [0, 0.1) is 0 Å². The second-order valence-corrected chi connectivity index (χ2v) is 4.32. The Hall–Kier alpha value is -0.710. The van der Waals surface area contributed by atoms with Crippen LogP contribution in [0.5, 0.6) is 0 Å². The summed E-state index contributed by atoms with van der Waals surface area (Å²) in [5.74, 6) is 0. The fourth-order valence-electron chi connectivity index (χ4n) is 1.58. The molecule has 0 aliphatic rings. The molecule has 1 aromatic rings. The molecular formula is C12H19NO2S. The molecule has 16 heavy (non-hydrogen) atoms. The Labute approximate surface area is 102 Å². The molecule has 0 heterocycles. The van der Waals surface area contributed by atoms with Gasteiger partial charge in [0, 0.05) is 24.8 Å². The van der Waals surface area contributed by atoms with Gasteiger partial charge in [-0.2, -0.15) is 0 Å². The van der Waals surface area contributed by atoms with Gasteiger partial charge in [-0.15, -0.1) is 11.8 Å². The zero-order valence-corrected chi connectivity index (χ0v) is 11.0. The molecule has 1 aromatic carbocycles. The van der Waals surface area contributed by atoms with Gasteiger partial charge in [-0.05, 0) is 25.3 Å². The van der Waals surface area contributed by atoms with Crippen molar-refractivity contribution in [3.63, 3.8) is 0 Å². The molecule has 1 N–H and O–H groups in total. The van der Waals surface area contributed by atoms with E-state index in [0.29, 0.717) is 0 Å². The van der Waals surface area contributed by atoms with Gasteiger partial charge in [0.05, 0.1) is 6.04 Å². The van der Waals surface area contributed by atoms with Crippen LogP contribution in [-0.4, -0.2) is 32.8 Å². The van der Waals surface area contributed by atoms with Crippen LogP contribution in [0.3, 0.4) is 0 Å². The van der Waals surface area contributed by atoms with E-state index in [9.17, 15) is 0 Å². The standard InChI is InChI=1S/C12H19NO2S/c1-9(12(14-2)15-3)13-10-7-5-6-8-11(10)16-4/h5-9,12-13H,1-4H3. The number of para-hydroxylation sites is 1. The van der Waals surface area contributed by atoms with Crippen molar-refractivity contribution < 1.29 is 9.47 Å². The highest BCUT2D eigenvalue weighted by Crippen LogP contribution is 2.25. The lowest BCUT2D eigenvalue weighted by Crippen LogP contribution is -2.33. The molecule has 0 amide bonds. The zero-order valence-electron chi connectivity index (χ0n) is 10.2. The van der Waals surface area contributed by atoms with Gasteiger partial charge in [-0.25, -0.2) is 0 Å². The Morgan fingerprint density at radius 3 is 2.38 bits per heavy atom. The molecule has 3 nitrogen and oxygen atoms in total. The molecule has 0 radical (unpaired) electrons. The van der Waals surface area contributed by atoms with E-state index in [0.717, 1.165) is 5.69 Å². The van der Waals surface area contributed by atoms with E-state index in [1.165, 1.54) is 4.90 Å². The molecule has 0 spiro atoms. The SMILES string of the molecule is COC(OC)C(C)Nc1ccccc1SC. The molecule has 0 aliphatic heterocycles. The van der Waals surface area contributed by atoms with Crippen LogP contribution in [0.2, 0.25) is 0 Å². The molecule has 0 bridgehead atoms. The second kappa shape index (κ2) is 6.78. The van der Waals surface area contributed by atoms with E-state index in [1.54, 1.807) is 26.0 Å². The van der Waals surface area contributed by atoms with Crippen molar-refractivity contribution in [3.05, 3.63) is 24.3 Å². The molecule has 0 aromatic heterocycles. The number of benzene rings is 1. The maximum absolute atomic E-state index is 5.22. The average Bonchev–Trinajstić information content (AvgIpc) is 2.31. The minimum atomic E-state index is -0.241. The van der Waals surface area contributed by atoms with E-state index in [4.69, 9.17) is 9.47 Å². The smallest absolute Gasteiger partial charge is 0.176 e. The van der Waals surface area contributed by atoms with Crippen molar-refractivity contribution in [1.82, 2.24) is 0 Å². The Bertz CT molecular complexity index is 316. The van der Waals surface area contributed by atoms with Crippen LogP contribution >= 0.6 is 11.8 Å². The minimum Gasteiger partial charge on any atom is -0.377 e. The number of ether oxygens (including phenoxy) is 2. The van der Waals surface area contributed by atoms with E-state index in [-0.39, 0.29) is 12.3 Å². The summed E-state index contributed by atoms with van der Waals surface area (Å²) < 4.78 is 10.4. The van der Waals surface area contributed by atoms with Crippen LogP contribution in [0.1, 0.15) is 6.92 Å². The molecule has 1 rings (SSSR count). The van der Waals surface area contributed by atoms with Crippen molar-refractivity contribution in [2.45, 2.75) is 24.2 Å². The van der Waals surface area contributed by atoms with Crippen molar-refractivity contribution >= 4 is 17.4 Å². The highest BCUT2D eigenvalue weighted by atomic mass is 32.2. The molecule has 4 heteroatoms. The van der Waals surface area contributed by atoms with Gasteiger partial charge in [-0.3, -0.25) is 0 Å². The fourth-order valence-corrected chi connectivity index (χ4v) is 2.14. The van der Waals surface area contributed by atoms with Crippen molar-refractivity contribution in [2.75, 3.05) is 25.8 Å². The van der Waals surface area contributed by atoms with Gasteiger partial charge in [0.1, 0.15) is 0 Å². The Morgan fingerprint density at radius 1 is 1.19 bits per heavy atom. The van der Waals surface area contributed by atoms with Gasteiger partial charge in [-0.1, -0.05) is 12.1 Å². The summed E-state index contributed by atoms with van der Waals surface area (Å²) in [6, 6.07) is 8.30. The van der Waals surface area contributed by atoms with E-state index >= 15 is 0 Å². The third-order valence-electron chi connectivity index (χ3n) is 2.36. The molecule has 1 unspecified atom stereocenters. The summed E-state index contributed by atoms with van der Waals surface area (Å²) in [5.41, 5.74) is 1.11. The van der Waals surface area contributed by atoms with Crippen molar-refractivity contribution in [1.29, 1.82) is 0 Å². The van der Waals surface area contributed by atoms with Gasteiger partial charge in [0.25, 0.3) is 0 Å². The molecule has 0 saturated heterocycles. The van der Waals surface area contributed by atoms with Gasteiger partial charge < -0.3 is 14.8 Å². The van der Waals surface area contributed by atoms with Crippen LogP contribution in [-0.2, 0) is 9.47 Å². The lowest BCUT2D eigenvalue weighted by Gasteiger charge is -2.24. The first-order valence-electron chi connectivity index (χ1n) is 5.18. The molecule has 90 valence electrons. The van der Waals surface area contributed by atoms with Crippen LogP contribution < -0.4 is 5.32 Å². The maximum Gasteiger partial charge on any atom is 0.176 e. The van der Waals surface area contributed by atoms with E-state index in [2.05, 4.69) is 23.7 Å². The predicted molar refractivity (Wildman–Crippen MR) is 69.1 cm³/mol.